The maximum atomic E-state index is 12.4. The Balaban J connectivity index is 1.48. The molecule has 0 atom stereocenters. The third kappa shape index (κ3) is 5.40. The summed E-state index contributed by atoms with van der Waals surface area (Å²) in [5.41, 5.74) is 4.26. The number of nitrogens with zero attached hydrogens (tertiary/aromatic N) is 3. The van der Waals surface area contributed by atoms with Crippen molar-refractivity contribution in [1.29, 1.82) is 0 Å². The lowest BCUT2D eigenvalue weighted by molar-refractivity contribution is -0.117. The van der Waals surface area contributed by atoms with Crippen molar-refractivity contribution in [2.24, 2.45) is 0 Å². The smallest absolute Gasteiger partial charge is 0.238 e. The van der Waals surface area contributed by atoms with E-state index in [1.54, 1.807) is 0 Å². The van der Waals surface area contributed by atoms with Gasteiger partial charge in [0, 0.05) is 18.8 Å². The summed E-state index contributed by atoms with van der Waals surface area (Å²) in [6, 6.07) is 6.03. The van der Waals surface area contributed by atoms with Crippen LogP contribution in [0.15, 0.2) is 22.6 Å². The lowest BCUT2D eigenvalue weighted by atomic mass is 10.1. The molecule has 146 valence electrons. The number of rotatable bonds is 5. The van der Waals surface area contributed by atoms with Crippen LogP contribution in [0.1, 0.15) is 34.9 Å². The van der Waals surface area contributed by atoms with Crippen LogP contribution >= 0.6 is 0 Å². The Morgan fingerprint density at radius 2 is 1.81 bits per heavy atom. The van der Waals surface area contributed by atoms with Gasteiger partial charge >= 0.3 is 0 Å². The molecule has 3 rings (SSSR count). The highest BCUT2D eigenvalue weighted by Crippen LogP contribution is 2.15. The lowest BCUT2D eigenvalue weighted by Crippen LogP contribution is -2.36. The van der Waals surface area contributed by atoms with Gasteiger partial charge < -0.3 is 9.73 Å². The predicted molar refractivity (Wildman–Crippen MR) is 107 cm³/mol. The normalized spacial score (nSPS) is 16.3. The zero-order valence-corrected chi connectivity index (χ0v) is 16.8. The third-order valence-corrected chi connectivity index (χ3v) is 5.27. The summed E-state index contributed by atoms with van der Waals surface area (Å²) in [5.74, 6) is 1.72. The minimum atomic E-state index is 0.0469. The quantitative estimate of drug-likeness (QED) is 0.876. The molecule has 1 fully saturated rings. The highest BCUT2D eigenvalue weighted by Gasteiger charge is 2.19. The van der Waals surface area contributed by atoms with Gasteiger partial charge in [-0.3, -0.25) is 14.6 Å². The Kier molecular flexibility index (Phi) is 6.29. The maximum absolute atomic E-state index is 12.4. The molecule has 1 aliphatic rings. The van der Waals surface area contributed by atoms with Crippen LogP contribution in [-0.2, 0) is 11.3 Å². The minimum Gasteiger partial charge on any atom is -0.444 e. The first-order valence-corrected chi connectivity index (χ1v) is 9.65. The summed E-state index contributed by atoms with van der Waals surface area (Å²) in [6.07, 6.45) is 1.04. The van der Waals surface area contributed by atoms with Crippen molar-refractivity contribution in [1.82, 2.24) is 14.8 Å². The fourth-order valence-electron chi connectivity index (χ4n) is 3.36. The molecule has 0 radical (unpaired) electrons. The molecule has 1 amide bonds. The molecule has 6 nitrogen and oxygen atoms in total. The summed E-state index contributed by atoms with van der Waals surface area (Å²) in [6.45, 7) is 12.9. The zero-order valence-electron chi connectivity index (χ0n) is 16.8. The first-order chi connectivity index (χ1) is 12.9. The number of aromatic nitrogens is 1. The molecule has 2 heterocycles. The van der Waals surface area contributed by atoms with E-state index in [1.807, 2.05) is 32.0 Å². The Hall–Kier alpha value is -2.18. The van der Waals surface area contributed by atoms with Crippen molar-refractivity contribution in [2.75, 3.05) is 38.0 Å². The van der Waals surface area contributed by atoms with Gasteiger partial charge in [0.25, 0.3) is 0 Å². The van der Waals surface area contributed by atoms with Crippen molar-refractivity contribution in [3.05, 3.63) is 46.7 Å². The van der Waals surface area contributed by atoms with Gasteiger partial charge in [0.2, 0.25) is 11.8 Å². The van der Waals surface area contributed by atoms with E-state index >= 15 is 0 Å². The van der Waals surface area contributed by atoms with E-state index in [2.05, 4.69) is 33.9 Å². The molecule has 1 aromatic carbocycles. The molecule has 1 N–H and O–H groups in total. The molecule has 2 aromatic rings. The van der Waals surface area contributed by atoms with Crippen LogP contribution in [0.4, 0.5) is 5.69 Å². The molecular weight excluding hydrogens is 340 g/mol. The fourth-order valence-corrected chi connectivity index (χ4v) is 3.36. The molecule has 0 bridgehead atoms. The molecule has 0 aliphatic carbocycles. The van der Waals surface area contributed by atoms with Gasteiger partial charge in [-0.1, -0.05) is 6.07 Å². The Labute approximate surface area is 161 Å². The van der Waals surface area contributed by atoms with Gasteiger partial charge in [-0.25, -0.2) is 4.98 Å². The standard InChI is InChI=1S/C21H30N4O2/c1-15-6-7-19(12-16(15)2)23-20(26)13-24-8-5-9-25(11-10-24)14-21-22-17(3)18(4)27-21/h6-7,12H,5,8-11,13-14H2,1-4H3,(H,23,26). The Morgan fingerprint density at radius 3 is 2.52 bits per heavy atom. The monoisotopic (exact) mass is 370 g/mol. The molecule has 27 heavy (non-hydrogen) atoms. The van der Waals surface area contributed by atoms with Crippen LogP contribution in [0.2, 0.25) is 0 Å². The molecular formula is C21H30N4O2. The van der Waals surface area contributed by atoms with Crippen LogP contribution < -0.4 is 5.32 Å². The summed E-state index contributed by atoms with van der Waals surface area (Å²) >= 11 is 0. The number of carbonyl (C=O) groups excluding carboxylic acids is 1. The second-order valence-electron chi connectivity index (χ2n) is 7.50. The maximum Gasteiger partial charge on any atom is 0.238 e. The van der Waals surface area contributed by atoms with Crippen LogP contribution in [0.3, 0.4) is 0 Å². The first kappa shape index (κ1) is 19.6. The molecule has 0 spiro atoms. The van der Waals surface area contributed by atoms with Gasteiger partial charge in [-0.15, -0.1) is 0 Å². The average molecular weight is 370 g/mol. The van der Waals surface area contributed by atoms with Gasteiger partial charge in [0.05, 0.1) is 18.8 Å². The van der Waals surface area contributed by atoms with Gasteiger partial charge in [0.1, 0.15) is 5.76 Å². The average Bonchev–Trinajstić information content (AvgIpc) is 2.79. The third-order valence-electron chi connectivity index (χ3n) is 5.27. The van der Waals surface area contributed by atoms with Crippen molar-refractivity contribution in [2.45, 2.75) is 40.7 Å². The lowest BCUT2D eigenvalue weighted by Gasteiger charge is -2.20. The van der Waals surface area contributed by atoms with E-state index in [-0.39, 0.29) is 5.91 Å². The van der Waals surface area contributed by atoms with E-state index in [4.69, 9.17) is 4.42 Å². The van der Waals surface area contributed by atoms with Crippen LogP contribution in [0.5, 0.6) is 0 Å². The highest BCUT2D eigenvalue weighted by molar-refractivity contribution is 5.92. The number of aryl methyl sites for hydroxylation is 4. The number of hydrogen-bond acceptors (Lipinski definition) is 5. The zero-order chi connectivity index (χ0) is 19.4. The van der Waals surface area contributed by atoms with E-state index in [0.29, 0.717) is 6.54 Å². The molecule has 1 saturated heterocycles. The number of oxazole rings is 1. The van der Waals surface area contributed by atoms with Crippen LogP contribution in [0.25, 0.3) is 0 Å². The summed E-state index contributed by atoms with van der Waals surface area (Å²) in [4.78, 5) is 21.5. The highest BCUT2D eigenvalue weighted by atomic mass is 16.4. The molecule has 6 heteroatoms. The molecule has 0 unspecified atom stereocenters. The van der Waals surface area contributed by atoms with Crippen molar-refractivity contribution in [3.8, 4) is 0 Å². The SMILES string of the molecule is Cc1ccc(NC(=O)CN2CCCN(Cc3nc(C)c(C)o3)CC2)cc1C. The van der Waals surface area contributed by atoms with E-state index in [1.165, 1.54) is 11.1 Å². The van der Waals surface area contributed by atoms with E-state index in [9.17, 15) is 4.79 Å². The number of amides is 1. The molecule has 1 aromatic heterocycles. The summed E-state index contributed by atoms with van der Waals surface area (Å²) in [5, 5.41) is 3.02. The van der Waals surface area contributed by atoms with Crippen LogP contribution in [0, 0.1) is 27.7 Å². The Morgan fingerprint density at radius 1 is 1.07 bits per heavy atom. The second kappa shape index (κ2) is 8.67. The topological polar surface area (TPSA) is 61.6 Å². The van der Waals surface area contributed by atoms with Crippen molar-refractivity contribution >= 4 is 11.6 Å². The second-order valence-corrected chi connectivity index (χ2v) is 7.50. The van der Waals surface area contributed by atoms with E-state index in [0.717, 1.165) is 62.2 Å². The van der Waals surface area contributed by atoms with E-state index < -0.39 is 0 Å². The fraction of sp³-hybridized carbons (Fsp3) is 0.524. The largest absolute Gasteiger partial charge is 0.444 e. The number of carbonyl (C=O) groups is 1. The van der Waals surface area contributed by atoms with Gasteiger partial charge in [0.15, 0.2) is 0 Å². The molecule has 1 aliphatic heterocycles. The molecule has 0 saturated carbocycles. The number of hydrogen-bond donors (Lipinski definition) is 1. The Bertz CT molecular complexity index is 780. The summed E-state index contributed by atoms with van der Waals surface area (Å²) in [7, 11) is 0. The number of benzene rings is 1. The van der Waals surface area contributed by atoms with Crippen molar-refractivity contribution < 1.29 is 9.21 Å². The van der Waals surface area contributed by atoms with Gasteiger partial charge in [-0.05, 0) is 70.5 Å². The van der Waals surface area contributed by atoms with Gasteiger partial charge in [-0.2, -0.15) is 0 Å². The minimum absolute atomic E-state index is 0.0469. The van der Waals surface area contributed by atoms with Crippen molar-refractivity contribution in [3.63, 3.8) is 0 Å². The number of nitrogens with one attached hydrogen (secondary N) is 1. The first-order valence-electron chi connectivity index (χ1n) is 9.65. The number of anilines is 1. The predicted octanol–water partition coefficient (Wildman–Crippen LogP) is 3.05. The summed E-state index contributed by atoms with van der Waals surface area (Å²) < 4.78 is 5.70. The van der Waals surface area contributed by atoms with Crippen LogP contribution in [-0.4, -0.2) is 53.4 Å².